The van der Waals surface area contributed by atoms with Crippen molar-refractivity contribution in [3.05, 3.63) is 150 Å². The minimum absolute atomic E-state index is 0.125. The van der Waals surface area contributed by atoms with E-state index in [1.807, 2.05) is 36.4 Å². The van der Waals surface area contributed by atoms with E-state index in [1.165, 1.54) is 21.8 Å². The Kier molecular flexibility index (Phi) is 5.79. The highest BCUT2D eigenvalue weighted by molar-refractivity contribution is 6.09. The maximum atomic E-state index is 9.53. The highest BCUT2D eigenvalue weighted by atomic mass is 15.6. The van der Waals surface area contributed by atoms with Gasteiger partial charge in [0, 0.05) is 29.1 Å². The standard InChI is InChI=1S/C35H27N5/c1-38-34(27-11-3-2-4-12-27)37-39(35(38)28-13-9-10-26(22-28)23-36)24-25-18-20-29(21-19-25)40-32-16-7-5-14-30(32)31-15-6-8-17-33(31)40/h2-22,35H,24H2,1H3. The van der Waals surface area contributed by atoms with Crippen LogP contribution in [0.1, 0.15) is 28.4 Å². The van der Waals surface area contributed by atoms with Crippen LogP contribution in [0.25, 0.3) is 27.5 Å². The highest BCUT2D eigenvalue weighted by Crippen LogP contribution is 2.35. The number of aromatic nitrogens is 1. The summed E-state index contributed by atoms with van der Waals surface area (Å²) in [5, 5.41) is 19.3. The Balaban J connectivity index is 1.26. The van der Waals surface area contributed by atoms with Crippen LogP contribution in [0.4, 0.5) is 0 Å². The van der Waals surface area contributed by atoms with Gasteiger partial charge >= 0.3 is 0 Å². The topological polar surface area (TPSA) is 47.6 Å². The maximum absolute atomic E-state index is 9.53. The molecular formula is C35H27N5. The number of fused-ring (bicyclic) bond motifs is 3. The van der Waals surface area contributed by atoms with Crippen LogP contribution < -0.4 is 0 Å². The number of hydrazone groups is 1. The number of benzene rings is 5. The molecular weight excluding hydrogens is 490 g/mol. The van der Waals surface area contributed by atoms with Gasteiger partial charge in [-0.15, -0.1) is 0 Å². The van der Waals surface area contributed by atoms with E-state index in [4.69, 9.17) is 5.10 Å². The van der Waals surface area contributed by atoms with Gasteiger partial charge in [0.15, 0.2) is 5.84 Å². The largest absolute Gasteiger partial charge is 0.332 e. The second-order valence-electron chi connectivity index (χ2n) is 10.1. The number of amidine groups is 1. The van der Waals surface area contributed by atoms with Crippen LogP contribution in [0.3, 0.4) is 0 Å². The highest BCUT2D eigenvalue weighted by Gasteiger charge is 2.33. The Morgan fingerprint density at radius 2 is 1.38 bits per heavy atom. The first-order valence-electron chi connectivity index (χ1n) is 13.4. The maximum Gasteiger partial charge on any atom is 0.157 e. The molecule has 0 spiro atoms. The fourth-order valence-corrected chi connectivity index (χ4v) is 5.84. The van der Waals surface area contributed by atoms with E-state index in [0.717, 1.165) is 28.2 Å². The summed E-state index contributed by atoms with van der Waals surface area (Å²) in [7, 11) is 2.07. The van der Waals surface area contributed by atoms with Gasteiger partial charge in [0.2, 0.25) is 0 Å². The molecule has 0 fully saturated rings. The number of hydrogen-bond acceptors (Lipinski definition) is 4. The van der Waals surface area contributed by atoms with Crippen LogP contribution in [0, 0.1) is 11.3 Å². The molecule has 0 amide bonds. The molecule has 5 heteroatoms. The Morgan fingerprint density at radius 1 is 0.725 bits per heavy atom. The van der Waals surface area contributed by atoms with Crippen molar-refractivity contribution in [1.82, 2.24) is 14.5 Å². The van der Waals surface area contributed by atoms with Crippen LogP contribution in [-0.2, 0) is 6.54 Å². The van der Waals surface area contributed by atoms with Crippen LogP contribution in [-0.4, -0.2) is 27.4 Å². The molecule has 0 bridgehead atoms. The lowest BCUT2D eigenvalue weighted by molar-refractivity contribution is 0.139. The van der Waals surface area contributed by atoms with Crippen molar-refractivity contribution in [2.75, 3.05) is 7.05 Å². The van der Waals surface area contributed by atoms with Gasteiger partial charge < -0.3 is 9.47 Å². The minimum Gasteiger partial charge on any atom is -0.332 e. The predicted octanol–water partition coefficient (Wildman–Crippen LogP) is 7.46. The molecule has 1 unspecified atom stereocenters. The quantitative estimate of drug-likeness (QED) is 0.238. The fourth-order valence-electron chi connectivity index (χ4n) is 5.84. The molecule has 5 nitrogen and oxygen atoms in total. The first kappa shape index (κ1) is 23.8. The number of rotatable bonds is 5. The number of para-hydroxylation sites is 2. The van der Waals surface area contributed by atoms with Gasteiger partial charge in [0.05, 0.1) is 29.2 Å². The number of nitrogens with zero attached hydrogens (tertiary/aromatic N) is 5. The van der Waals surface area contributed by atoms with Crippen LogP contribution in [0.2, 0.25) is 0 Å². The van der Waals surface area contributed by atoms with Gasteiger partial charge in [-0.3, -0.25) is 5.01 Å². The average Bonchev–Trinajstić information content (AvgIpc) is 3.52. The lowest BCUT2D eigenvalue weighted by Crippen LogP contribution is -2.32. The Hall–Kier alpha value is -5.34. The molecule has 1 aliphatic heterocycles. The van der Waals surface area contributed by atoms with E-state index in [-0.39, 0.29) is 6.17 Å². The molecule has 0 aliphatic carbocycles. The smallest absolute Gasteiger partial charge is 0.157 e. The lowest BCUT2D eigenvalue weighted by Gasteiger charge is -2.30. The molecule has 1 aliphatic rings. The molecule has 0 radical (unpaired) electrons. The number of hydrogen-bond donors (Lipinski definition) is 0. The molecule has 5 aromatic carbocycles. The Labute approximate surface area is 233 Å². The molecule has 2 heterocycles. The average molecular weight is 518 g/mol. The summed E-state index contributed by atoms with van der Waals surface area (Å²) in [6.07, 6.45) is -0.125. The second-order valence-corrected chi connectivity index (χ2v) is 10.1. The van der Waals surface area contributed by atoms with Crippen LogP contribution in [0.5, 0.6) is 0 Å². The van der Waals surface area contributed by atoms with Crippen molar-refractivity contribution in [2.45, 2.75) is 12.7 Å². The molecule has 192 valence electrons. The third-order valence-corrected chi connectivity index (χ3v) is 7.67. The zero-order chi connectivity index (χ0) is 27.1. The lowest BCUT2D eigenvalue weighted by atomic mass is 10.1. The van der Waals surface area contributed by atoms with E-state index in [1.54, 1.807) is 0 Å². The summed E-state index contributed by atoms with van der Waals surface area (Å²) in [4.78, 5) is 2.19. The summed E-state index contributed by atoms with van der Waals surface area (Å²) >= 11 is 0. The zero-order valence-electron chi connectivity index (χ0n) is 22.1. The van der Waals surface area contributed by atoms with Gasteiger partial charge in [0.25, 0.3) is 0 Å². The van der Waals surface area contributed by atoms with Gasteiger partial charge in [-0.05, 0) is 47.5 Å². The summed E-state index contributed by atoms with van der Waals surface area (Å²) in [5.41, 5.74) is 7.45. The van der Waals surface area contributed by atoms with Crippen molar-refractivity contribution in [3.8, 4) is 11.8 Å². The van der Waals surface area contributed by atoms with Crippen molar-refractivity contribution in [1.29, 1.82) is 5.26 Å². The van der Waals surface area contributed by atoms with Crippen molar-refractivity contribution in [2.24, 2.45) is 5.10 Å². The molecule has 7 rings (SSSR count). The van der Waals surface area contributed by atoms with E-state index in [2.05, 4.69) is 119 Å². The van der Waals surface area contributed by atoms with Crippen LogP contribution >= 0.6 is 0 Å². The van der Waals surface area contributed by atoms with Crippen molar-refractivity contribution < 1.29 is 0 Å². The summed E-state index contributed by atoms with van der Waals surface area (Å²) < 4.78 is 2.33. The van der Waals surface area contributed by atoms with Gasteiger partial charge in [-0.1, -0.05) is 91.0 Å². The molecule has 6 aromatic rings. The normalized spacial score (nSPS) is 15.0. The monoisotopic (exact) mass is 517 g/mol. The fraction of sp³-hybridized carbons (Fsp3) is 0.0857. The van der Waals surface area contributed by atoms with Gasteiger partial charge in [-0.25, -0.2) is 0 Å². The predicted molar refractivity (Wildman–Crippen MR) is 161 cm³/mol. The molecule has 1 atom stereocenters. The molecule has 0 N–H and O–H groups in total. The Morgan fingerprint density at radius 3 is 2.05 bits per heavy atom. The van der Waals surface area contributed by atoms with Crippen LogP contribution in [0.15, 0.2) is 132 Å². The van der Waals surface area contributed by atoms with Gasteiger partial charge in [-0.2, -0.15) is 10.4 Å². The Bertz CT molecular complexity index is 1860. The summed E-state index contributed by atoms with van der Waals surface area (Å²) in [6, 6.07) is 46.3. The zero-order valence-corrected chi connectivity index (χ0v) is 22.1. The minimum atomic E-state index is -0.125. The van der Waals surface area contributed by atoms with E-state index < -0.39 is 0 Å². The third kappa shape index (κ3) is 3.98. The van der Waals surface area contributed by atoms with Crippen molar-refractivity contribution in [3.63, 3.8) is 0 Å². The number of nitriles is 1. The molecule has 1 aromatic heterocycles. The second kappa shape index (κ2) is 9.76. The van der Waals surface area contributed by atoms with E-state index in [9.17, 15) is 5.26 Å². The SMILES string of the molecule is CN1C(c2ccccc2)=NN(Cc2ccc(-n3c4ccccc4c4ccccc43)cc2)C1c1cccc(C#N)c1. The van der Waals surface area contributed by atoms with Gasteiger partial charge in [0.1, 0.15) is 6.17 Å². The summed E-state index contributed by atoms with van der Waals surface area (Å²) in [5.74, 6) is 0.912. The van der Waals surface area contributed by atoms with E-state index in [0.29, 0.717) is 12.1 Å². The first-order chi connectivity index (χ1) is 19.7. The molecule has 0 saturated carbocycles. The van der Waals surface area contributed by atoms with E-state index >= 15 is 0 Å². The molecule has 0 saturated heterocycles. The third-order valence-electron chi connectivity index (χ3n) is 7.67. The molecule has 40 heavy (non-hydrogen) atoms. The van der Waals surface area contributed by atoms with Crippen molar-refractivity contribution >= 4 is 27.6 Å². The first-order valence-corrected chi connectivity index (χ1v) is 13.4. The summed E-state index contributed by atoms with van der Waals surface area (Å²) in [6.45, 7) is 0.634.